The van der Waals surface area contributed by atoms with E-state index >= 15 is 0 Å². The van der Waals surface area contributed by atoms with Gasteiger partial charge in [0.2, 0.25) is 0 Å². The van der Waals surface area contributed by atoms with Crippen LogP contribution in [0, 0.1) is 5.92 Å². The molecule has 1 aliphatic rings. The lowest BCUT2D eigenvalue weighted by molar-refractivity contribution is 0.00941. The van der Waals surface area contributed by atoms with E-state index in [0.717, 1.165) is 47.8 Å². The van der Waals surface area contributed by atoms with Crippen molar-refractivity contribution in [1.82, 2.24) is 5.32 Å². The zero-order chi connectivity index (χ0) is 13.5. The highest BCUT2D eigenvalue weighted by Gasteiger charge is 2.21. The van der Waals surface area contributed by atoms with Crippen LogP contribution >= 0.6 is 15.9 Å². The summed E-state index contributed by atoms with van der Waals surface area (Å²) in [4.78, 5) is 0. The summed E-state index contributed by atoms with van der Waals surface area (Å²) in [6, 6.07) is 6.09. The molecule has 0 aliphatic heterocycles. The molecule has 0 aromatic heterocycles. The molecule has 0 spiro atoms. The molecular weight excluding hydrogens is 306 g/mol. The second kappa shape index (κ2) is 7.88. The van der Waals surface area contributed by atoms with E-state index in [1.165, 1.54) is 12.8 Å². The van der Waals surface area contributed by atoms with Crippen LogP contribution in [0.3, 0.4) is 0 Å². The lowest BCUT2D eigenvalue weighted by atomic mass is 10.2. The summed E-state index contributed by atoms with van der Waals surface area (Å²) in [6.45, 7) is 5.19. The molecule has 0 amide bonds. The van der Waals surface area contributed by atoms with Crippen molar-refractivity contribution in [3.05, 3.63) is 28.2 Å². The van der Waals surface area contributed by atoms with Crippen molar-refractivity contribution in [1.29, 1.82) is 0 Å². The Bertz CT molecular complexity index is 394. The van der Waals surface area contributed by atoms with Crippen LogP contribution < -0.4 is 10.1 Å². The molecule has 1 aromatic carbocycles. The number of halogens is 1. The van der Waals surface area contributed by atoms with Gasteiger partial charge in [-0.05, 0) is 49.9 Å². The Morgan fingerprint density at radius 3 is 2.95 bits per heavy atom. The molecule has 0 heterocycles. The minimum atomic E-state index is 0.346. The van der Waals surface area contributed by atoms with Crippen LogP contribution in [0.25, 0.3) is 0 Å². The van der Waals surface area contributed by atoms with E-state index in [-0.39, 0.29) is 0 Å². The van der Waals surface area contributed by atoms with Gasteiger partial charge in [-0.3, -0.25) is 0 Å². The molecule has 19 heavy (non-hydrogen) atoms. The summed E-state index contributed by atoms with van der Waals surface area (Å²) in [7, 11) is 0. The third kappa shape index (κ3) is 5.51. The Kier molecular flexibility index (Phi) is 6.14. The predicted octanol–water partition coefficient (Wildman–Crippen LogP) is 3.71. The normalized spacial score (nSPS) is 14.6. The molecule has 3 nitrogen and oxygen atoms in total. The van der Waals surface area contributed by atoms with Crippen LogP contribution in [-0.4, -0.2) is 19.9 Å². The maximum atomic E-state index is 5.72. The smallest absolute Gasteiger partial charge is 0.189 e. The highest BCUT2D eigenvalue weighted by Crippen LogP contribution is 2.29. The van der Waals surface area contributed by atoms with E-state index in [0.29, 0.717) is 6.79 Å². The lowest BCUT2D eigenvalue weighted by Crippen LogP contribution is -2.15. The number of hydrogen-bond acceptors (Lipinski definition) is 3. The fourth-order valence-corrected chi connectivity index (χ4v) is 2.24. The zero-order valence-electron chi connectivity index (χ0n) is 11.5. The highest BCUT2D eigenvalue weighted by molar-refractivity contribution is 9.10. The average Bonchev–Trinajstić information content (AvgIpc) is 3.21. The molecule has 0 atom stereocenters. The molecule has 0 bridgehead atoms. The molecular formula is C15H22BrNO2. The summed E-state index contributed by atoms with van der Waals surface area (Å²) in [5.41, 5.74) is 1.16. The third-order valence-electron chi connectivity index (χ3n) is 3.11. The molecule has 2 rings (SSSR count). The van der Waals surface area contributed by atoms with E-state index in [2.05, 4.69) is 34.2 Å². The van der Waals surface area contributed by atoms with Crippen LogP contribution in [0.1, 0.15) is 31.7 Å². The molecule has 106 valence electrons. The molecule has 1 saturated carbocycles. The lowest BCUT2D eigenvalue weighted by Gasteiger charge is -2.12. The number of hydrogen-bond donors (Lipinski definition) is 1. The first-order valence-corrected chi connectivity index (χ1v) is 7.78. The summed E-state index contributed by atoms with van der Waals surface area (Å²) >= 11 is 3.50. The topological polar surface area (TPSA) is 30.5 Å². The Labute approximate surface area is 123 Å². The Morgan fingerprint density at radius 1 is 1.37 bits per heavy atom. The predicted molar refractivity (Wildman–Crippen MR) is 80.3 cm³/mol. The van der Waals surface area contributed by atoms with E-state index in [4.69, 9.17) is 9.47 Å². The third-order valence-corrected chi connectivity index (χ3v) is 3.61. The maximum Gasteiger partial charge on any atom is 0.189 e. The van der Waals surface area contributed by atoms with Crippen LogP contribution in [0.15, 0.2) is 22.7 Å². The zero-order valence-corrected chi connectivity index (χ0v) is 13.0. The van der Waals surface area contributed by atoms with Crippen molar-refractivity contribution in [3.8, 4) is 5.75 Å². The molecule has 1 aromatic rings. The van der Waals surface area contributed by atoms with Gasteiger partial charge in [0, 0.05) is 16.6 Å². The van der Waals surface area contributed by atoms with Crippen LogP contribution in [0.5, 0.6) is 5.75 Å². The minimum absolute atomic E-state index is 0.346. The molecule has 1 N–H and O–H groups in total. The van der Waals surface area contributed by atoms with Crippen molar-refractivity contribution in [2.24, 2.45) is 5.92 Å². The van der Waals surface area contributed by atoms with Gasteiger partial charge in [0.05, 0.1) is 6.61 Å². The first-order valence-electron chi connectivity index (χ1n) is 6.99. The molecule has 1 fully saturated rings. The first kappa shape index (κ1) is 14.8. The quantitative estimate of drug-likeness (QED) is 0.554. The van der Waals surface area contributed by atoms with Gasteiger partial charge in [-0.15, -0.1) is 0 Å². The Balaban J connectivity index is 1.81. The maximum absolute atomic E-state index is 5.72. The van der Waals surface area contributed by atoms with Gasteiger partial charge in [-0.1, -0.05) is 22.9 Å². The molecule has 0 radical (unpaired) electrons. The standard InChI is InChI=1S/C15H22BrNO2/c1-2-7-17-9-13-8-14(16)5-6-15(13)19-11-18-10-12-3-4-12/h5-6,8,12,17H,2-4,7,9-11H2,1H3. The molecule has 4 heteroatoms. The van der Waals surface area contributed by atoms with E-state index in [1.54, 1.807) is 0 Å². The summed E-state index contributed by atoms with van der Waals surface area (Å²) in [5.74, 6) is 1.68. The largest absolute Gasteiger partial charge is 0.467 e. The van der Waals surface area contributed by atoms with Crippen molar-refractivity contribution >= 4 is 15.9 Å². The highest BCUT2D eigenvalue weighted by atomic mass is 79.9. The summed E-state index contributed by atoms with van der Waals surface area (Å²) in [6.07, 6.45) is 3.75. The monoisotopic (exact) mass is 327 g/mol. The number of ether oxygens (including phenoxy) is 2. The molecule has 1 aliphatic carbocycles. The van der Waals surface area contributed by atoms with Gasteiger partial charge in [0.25, 0.3) is 0 Å². The SMILES string of the molecule is CCCNCc1cc(Br)ccc1OCOCC1CC1. The van der Waals surface area contributed by atoms with Gasteiger partial charge in [0.1, 0.15) is 5.75 Å². The van der Waals surface area contributed by atoms with Gasteiger partial charge >= 0.3 is 0 Å². The molecule has 0 saturated heterocycles. The first-order chi connectivity index (χ1) is 9.29. The Morgan fingerprint density at radius 2 is 2.21 bits per heavy atom. The fourth-order valence-electron chi connectivity index (χ4n) is 1.83. The van der Waals surface area contributed by atoms with Crippen LogP contribution in [0.2, 0.25) is 0 Å². The summed E-state index contributed by atoms with van der Waals surface area (Å²) < 4.78 is 12.3. The second-order valence-corrected chi connectivity index (χ2v) is 5.92. The van der Waals surface area contributed by atoms with Gasteiger partial charge in [-0.2, -0.15) is 0 Å². The van der Waals surface area contributed by atoms with Crippen LogP contribution in [0.4, 0.5) is 0 Å². The molecule has 0 unspecified atom stereocenters. The van der Waals surface area contributed by atoms with Crippen molar-refractivity contribution < 1.29 is 9.47 Å². The van der Waals surface area contributed by atoms with Crippen LogP contribution in [-0.2, 0) is 11.3 Å². The Hall–Kier alpha value is -0.580. The number of benzene rings is 1. The van der Waals surface area contributed by atoms with Crippen molar-refractivity contribution in [2.45, 2.75) is 32.7 Å². The minimum Gasteiger partial charge on any atom is -0.467 e. The van der Waals surface area contributed by atoms with Gasteiger partial charge in [0.15, 0.2) is 6.79 Å². The summed E-state index contributed by atoms with van der Waals surface area (Å²) in [5, 5.41) is 3.40. The van der Waals surface area contributed by atoms with Crippen molar-refractivity contribution in [3.63, 3.8) is 0 Å². The van der Waals surface area contributed by atoms with Gasteiger partial charge in [-0.25, -0.2) is 0 Å². The van der Waals surface area contributed by atoms with E-state index < -0.39 is 0 Å². The second-order valence-electron chi connectivity index (χ2n) is 5.01. The van der Waals surface area contributed by atoms with E-state index in [9.17, 15) is 0 Å². The van der Waals surface area contributed by atoms with E-state index in [1.807, 2.05) is 12.1 Å². The number of nitrogens with one attached hydrogen (secondary N) is 1. The van der Waals surface area contributed by atoms with Crippen molar-refractivity contribution in [2.75, 3.05) is 19.9 Å². The van der Waals surface area contributed by atoms with Gasteiger partial charge < -0.3 is 14.8 Å². The number of rotatable bonds is 9. The fraction of sp³-hybridized carbons (Fsp3) is 0.600. The average molecular weight is 328 g/mol.